The highest BCUT2D eigenvalue weighted by molar-refractivity contribution is 6.06. The van der Waals surface area contributed by atoms with Gasteiger partial charge in [0.1, 0.15) is 25.1 Å². The van der Waals surface area contributed by atoms with Gasteiger partial charge in [-0.05, 0) is 26.0 Å². The van der Waals surface area contributed by atoms with Crippen LogP contribution in [0.5, 0.6) is 0 Å². The first kappa shape index (κ1) is 17.7. The third kappa shape index (κ3) is 2.61. The van der Waals surface area contributed by atoms with Crippen molar-refractivity contribution in [3.05, 3.63) is 83.9 Å². The molecule has 1 aliphatic heterocycles. The quantitative estimate of drug-likeness (QED) is 0.357. The normalized spacial score (nSPS) is 15.6. The Hall–Kier alpha value is -3.33. The van der Waals surface area contributed by atoms with Crippen LogP contribution in [0.15, 0.2) is 72.8 Å². The average molecular weight is 380 g/mol. The van der Waals surface area contributed by atoms with Crippen molar-refractivity contribution in [3.8, 4) is 0 Å². The number of fused-ring (bicyclic) bond motifs is 3. The average Bonchev–Trinajstić information content (AvgIpc) is 2.93. The van der Waals surface area contributed by atoms with Crippen LogP contribution in [0.25, 0.3) is 28.1 Å². The summed E-state index contributed by atoms with van der Waals surface area (Å²) in [6, 6.07) is 23.4. The zero-order chi connectivity index (χ0) is 20.2. The van der Waals surface area contributed by atoms with Gasteiger partial charge in [-0.1, -0.05) is 42.5 Å². The predicted molar refractivity (Wildman–Crippen MR) is 120 cm³/mol. The number of hydrogen-bond acceptors (Lipinski definition) is 1. The van der Waals surface area contributed by atoms with Gasteiger partial charge in [0.05, 0.1) is 5.41 Å². The molecule has 2 heterocycles. The highest BCUT2D eigenvalue weighted by atomic mass is 15.0. The first-order valence-electron chi connectivity index (χ1n) is 10.0. The van der Waals surface area contributed by atoms with Crippen LogP contribution in [0, 0.1) is 0 Å². The summed E-state index contributed by atoms with van der Waals surface area (Å²) < 4.78 is 4.53. The summed E-state index contributed by atoms with van der Waals surface area (Å²) >= 11 is 0. The molecule has 0 saturated heterocycles. The van der Waals surface area contributed by atoms with Gasteiger partial charge in [0.15, 0.2) is 5.71 Å². The second kappa shape index (κ2) is 6.35. The van der Waals surface area contributed by atoms with Crippen molar-refractivity contribution in [2.24, 2.45) is 7.05 Å². The van der Waals surface area contributed by atoms with Crippen molar-refractivity contribution in [1.82, 2.24) is 4.98 Å². The van der Waals surface area contributed by atoms with Gasteiger partial charge in [-0.25, -0.2) is 4.98 Å². The molecule has 1 aliphatic rings. The summed E-state index contributed by atoms with van der Waals surface area (Å²) in [5.41, 5.74) is 9.37. The van der Waals surface area contributed by atoms with Gasteiger partial charge in [0.2, 0.25) is 16.7 Å². The SMILES string of the molecule is C[N+]1=C(/C=C/c2cccc3c2nc2ccccc2[n+]3C)C(C)(C)c2ccccc21. The van der Waals surface area contributed by atoms with E-state index in [1.165, 1.54) is 17.0 Å². The van der Waals surface area contributed by atoms with E-state index in [2.05, 4.69) is 110 Å². The van der Waals surface area contributed by atoms with Gasteiger partial charge >= 0.3 is 0 Å². The number of aromatic nitrogens is 2. The van der Waals surface area contributed by atoms with Crippen LogP contribution in [0.2, 0.25) is 0 Å². The molecule has 0 aliphatic carbocycles. The topological polar surface area (TPSA) is 19.8 Å². The summed E-state index contributed by atoms with van der Waals surface area (Å²) in [5, 5.41) is 0. The van der Waals surface area contributed by atoms with Gasteiger partial charge in [0, 0.05) is 35.4 Å². The Bertz CT molecular complexity index is 1340. The Balaban J connectivity index is 1.67. The Morgan fingerprint density at radius 1 is 0.793 bits per heavy atom. The number of aryl methyl sites for hydroxylation is 1. The monoisotopic (exact) mass is 379 g/mol. The number of para-hydroxylation sites is 4. The molecule has 4 aromatic rings. The van der Waals surface area contributed by atoms with Crippen LogP contribution in [0.3, 0.4) is 0 Å². The number of rotatable bonds is 2. The van der Waals surface area contributed by atoms with Crippen LogP contribution in [-0.2, 0) is 12.5 Å². The molecule has 0 radical (unpaired) electrons. The predicted octanol–water partition coefficient (Wildman–Crippen LogP) is 4.93. The van der Waals surface area contributed by atoms with E-state index < -0.39 is 0 Å². The molecule has 142 valence electrons. The fraction of sp³-hybridized carbons (Fsp3) is 0.192. The molecule has 3 nitrogen and oxygen atoms in total. The summed E-state index contributed by atoms with van der Waals surface area (Å²) in [4.78, 5) is 4.98. The van der Waals surface area contributed by atoms with Gasteiger partial charge in [-0.2, -0.15) is 9.14 Å². The van der Waals surface area contributed by atoms with Crippen LogP contribution in [-0.4, -0.2) is 22.3 Å². The van der Waals surface area contributed by atoms with Gasteiger partial charge in [-0.15, -0.1) is 0 Å². The molecular formula is C26H25N3+2. The van der Waals surface area contributed by atoms with Crippen molar-refractivity contribution in [1.29, 1.82) is 0 Å². The molecule has 5 rings (SSSR count). The summed E-state index contributed by atoms with van der Waals surface area (Å²) in [6.45, 7) is 4.59. The number of allylic oxidation sites excluding steroid dienone is 1. The van der Waals surface area contributed by atoms with Crippen LogP contribution in [0.1, 0.15) is 25.0 Å². The third-order valence-electron chi connectivity index (χ3n) is 6.24. The minimum absolute atomic E-state index is 0.0305. The van der Waals surface area contributed by atoms with E-state index in [9.17, 15) is 0 Å². The van der Waals surface area contributed by atoms with Crippen LogP contribution in [0.4, 0.5) is 5.69 Å². The lowest BCUT2D eigenvalue weighted by molar-refractivity contribution is -0.617. The van der Waals surface area contributed by atoms with E-state index in [-0.39, 0.29) is 5.41 Å². The maximum Gasteiger partial charge on any atom is 0.232 e. The first-order valence-corrected chi connectivity index (χ1v) is 10.0. The molecule has 3 aromatic carbocycles. The maximum atomic E-state index is 4.98. The zero-order valence-electron chi connectivity index (χ0n) is 17.3. The second-order valence-corrected chi connectivity index (χ2v) is 8.29. The molecule has 0 saturated carbocycles. The van der Waals surface area contributed by atoms with E-state index in [4.69, 9.17) is 4.98 Å². The minimum Gasteiger partial charge on any atom is -0.234 e. The molecule has 0 N–H and O–H groups in total. The maximum absolute atomic E-state index is 4.98. The highest BCUT2D eigenvalue weighted by Crippen LogP contribution is 2.39. The number of nitrogens with zero attached hydrogens (tertiary/aromatic N) is 3. The minimum atomic E-state index is -0.0305. The van der Waals surface area contributed by atoms with E-state index in [0.717, 1.165) is 27.6 Å². The molecular weight excluding hydrogens is 354 g/mol. The molecule has 0 bridgehead atoms. The van der Waals surface area contributed by atoms with Crippen LogP contribution >= 0.6 is 0 Å². The van der Waals surface area contributed by atoms with Crippen molar-refractivity contribution in [3.63, 3.8) is 0 Å². The number of benzene rings is 3. The van der Waals surface area contributed by atoms with Crippen molar-refractivity contribution >= 4 is 39.5 Å². The first-order chi connectivity index (χ1) is 14.0. The fourth-order valence-corrected chi connectivity index (χ4v) is 4.64. The highest BCUT2D eigenvalue weighted by Gasteiger charge is 2.42. The van der Waals surface area contributed by atoms with Gasteiger partial charge in [-0.3, -0.25) is 0 Å². The van der Waals surface area contributed by atoms with E-state index >= 15 is 0 Å². The van der Waals surface area contributed by atoms with Crippen molar-refractivity contribution in [2.75, 3.05) is 7.05 Å². The Labute approximate surface area is 171 Å². The summed E-state index contributed by atoms with van der Waals surface area (Å²) in [5.74, 6) is 0. The summed E-state index contributed by atoms with van der Waals surface area (Å²) in [7, 11) is 4.27. The second-order valence-electron chi connectivity index (χ2n) is 8.29. The van der Waals surface area contributed by atoms with Crippen LogP contribution < -0.4 is 4.57 Å². The standard InChI is InChI=1S/C26H25N3/c1-26(2)19-11-5-7-13-21(19)29(4)24(26)17-16-18-10-9-15-23-25(18)27-20-12-6-8-14-22(20)28(23)3/h5-17H,1-4H3/q+2. The lowest BCUT2D eigenvalue weighted by Crippen LogP contribution is -2.30. The molecule has 3 heteroatoms. The van der Waals surface area contributed by atoms with Gasteiger partial charge in [0.25, 0.3) is 0 Å². The van der Waals surface area contributed by atoms with E-state index in [1.54, 1.807) is 0 Å². The zero-order valence-corrected chi connectivity index (χ0v) is 17.3. The Morgan fingerprint density at radius 2 is 1.52 bits per heavy atom. The Kier molecular flexibility index (Phi) is 3.88. The van der Waals surface area contributed by atoms with Gasteiger partial charge < -0.3 is 0 Å². The fourth-order valence-electron chi connectivity index (χ4n) is 4.64. The molecule has 0 fully saturated rings. The van der Waals surface area contributed by atoms with E-state index in [1.807, 2.05) is 6.07 Å². The molecule has 29 heavy (non-hydrogen) atoms. The molecule has 1 aromatic heterocycles. The lowest BCUT2D eigenvalue weighted by Gasteiger charge is -2.15. The lowest BCUT2D eigenvalue weighted by atomic mass is 9.81. The number of hydrogen-bond donors (Lipinski definition) is 0. The van der Waals surface area contributed by atoms with E-state index in [0.29, 0.717) is 0 Å². The molecule has 0 unspecified atom stereocenters. The molecule has 0 amide bonds. The van der Waals surface area contributed by atoms with Crippen molar-refractivity contribution < 1.29 is 9.14 Å². The third-order valence-corrected chi connectivity index (χ3v) is 6.24. The molecule has 0 atom stereocenters. The Morgan fingerprint density at radius 3 is 2.34 bits per heavy atom. The van der Waals surface area contributed by atoms with Crippen molar-refractivity contribution in [2.45, 2.75) is 19.3 Å². The molecule has 0 spiro atoms. The largest absolute Gasteiger partial charge is 0.234 e. The summed E-state index contributed by atoms with van der Waals surface area (Å²) in [6.07, 6.45) is 4.47. The smallest absolute Gasteiger partial charge is 0.232 e.